The predicted octanol–water partition coefficient (Wildman–Crippen LogP) is 2.06. The summed E-state index contributed by atoms with van der Waals surface area (Å²) in [6.07, 6.45) is 1.60. The van der Waals surface area contributed by atoms with Crippen LogP contribution in [0.2, 0.25) is 0 Å². The van der Waals surface area contributed by atoms with Crippen LogP contribution in [0, 0.1) is 5.41 Å². The van der Waals surface area contributed by atoms with Crippen molar-refractivity contribution < 1.29 is 9.90 Å². The van der Waals surface area contributed by atoms with Crippen molar-refractivity contribution in [3.63, 3.8) is 0 Å². The third kappa shape index (κ3) is 3.95. The first kappa shape index (κ1) is 16.2. The number of hydrogen-bond acceptors (Lipinski definition) is 3. The standard InChI is InChI=1S/C17H22N2O3/c1-17(2,11-20)8-5-9-18-16(22)13-10-15(21)19-14-7-4-3-6-12(13)14/h3-4,6-7,10,20H,5,8-9,11H2,1-2H3,(H,18,22)(H,19,21). The molecule has 1 amide bonds. The van der Waals surface area contributed by atoms with Crippen LogP contribution in [-0.2, 0) is 0 Å². The monoisotopic (exact) mass is 302 g/mol. The molecule has 1 aromatic heterocycles. The van der Waals surface area contributed by atoms with Gasteiger partial charge in [0, 0.05) is 30.1 Å². The number of nitrogens with one attached hydrogen (secondary N) is 2. The van der Waals surface area contributed by atoms with E-state index in [1.54, 1.807) is 6.07 Å². The number of amides is 1. The maximum atomic E-state index is 12.3. The molecule has 1 aromatic carbocycles. The maximum Gasteiger partial charge on any atom is 0.252 e. The summed E-state index contributed by atoms with van der Waals surface area (Å²) in [5.41, 5.74) is 0.619. The molecular weight excluding hydrogens is 280 g/mol. The summed E-state index contributed by atoms with van der Waals surface area (Å²) in [5, 5.41) is 12.8. The lowest BCUT2D eigenvalue weighted by Gasteiger charge is -2.21. The van der Waals surface area contributed by atoms with E-state index < -0.39 is 0 Å². The van der Waals surface area contributed by atoms with Crippen molar-refractivity contribution in [3.05, 3.63) is 46.2 Å². The topological polar surface area (TPSA) is 82.2 Å². The first-order valence-corrected chi connectivity index (χ1v) is 7.44. The Kier molecular flexibility index (Phi) is 4.98. The fourth-order valence-electron chi connectivity index (χ4n) is 2.34. The Bertz CT molecular complexity index is 719. The Hall–Kier alpha value is -2.14. The highest BCUT2D eigenvalue weighted by Gasteiger charge is 2.16. The molecule has 5 heteroatoms. The molecule has 0 aliphatic carbocycles. The fraction of sp³-hybridized carbons (Fsp3) is 0.412. The number of fused-ring (bicyclic) bond motifs is 1. The Morgan fingerprint density at radius 3 is 2.77 bits per heavy atom. The molecule has 3 N–H and O–H groups in total. The molecule has 2 aromatic rings. The summed E-state index contributed by atoms with van der Waals surface area (Å²) >= 11 is 0. The molecule has 0 saturated carbocycles. The molecule has 118 valence electrons. The van der Waals surface area contributed by atoms with Crippen LogP contribution in [0.15, 0.2) is 35.1 Å². The van der Waals surface area contributed by atoms with Gasteiger partial charge < -0.3 is 15.4 Å². The molecule has 0 atom stereocenters. The Morgan fingerprint density at radius 2 is 2.05 bits per heavy atom. The number of carbonyl (C=O) groups is 1. The largest absolute Gasteiger partial charge is 0.396 e. The van der Waals surface area contributed by atoms with Crippen molar-refractivity contribution in [2.24, 2.45) is 5.41 Å². The second kappa shape index (κ2) is 6.75. The second-order valence-electron chi connectivity index (χ2n) is 6.27. The highest BCUT2D eigenvalue weighted by molar-refractivity contribution is 6.05. The molecule has 0 aliphatic heterocycles. The van der Waals surface area contributed by atoms with E-state index in [9.17, 15) is 14.7 Å². The molecular formula is C17H22N2O3. The van der Waals surface area contributed by atoms with Crippen molar-refractivity contribution in [2.45, 2.75) is 26.7 Å². The minimum atomic E-state index is -0.287. The van der Waals surface area contributed by atoms with Gasteiger partial charge >= 0.3 is 0 Å². The van der Waals surface area contributed by atoms with Gasteiger partial charge in [0.05, 0.1) is 5.56 Å². The number of rotatable bonds is 6. The summed E-state index contributed by atoms with van der Waals surface area (Å²) in [5.74, 6) is -0.246. The van der Waals surface area contributed by atoms with Gasteiger partial charge in [-0.15, -0.1) is 0 Å². The number of aliphatic hydroxyl groups is 1. The zero-order valence-electron chi connectivity index (χ0n) is 13.0. The van der Waals surface area contributed by atoms with Crippen LogP contribution in [-0.4, -0.2) is 29.1 Å². The lowest BCUT2D eigenvalue weighted by atomic mass is 9.89. The van der Waals surface area contributed by atoms with Gasteiger partial charge in [0.25, 0.3) is 5.91 Å². The average molecular weight is 302 g/mol. The number of carbonyl (C=O) groups excluding carboxylic acids is 1. The van der Waals surface area contributed by atoms with Crippen molar-refractivity contribution in [1.29, 1.82) is 0 Å². The van der Waals surface area contributed by atoms with Crippen molar-refractivity contribution in [1.82, 2.24) is 10.3 Å². The molecule has 5 nitrogen and oxygen atoms in total. The fourth-order valence-corrected chi connectivity index (χ4v) is 2.34. The number of benzene rings is 1. The maximum absolute atomic E-state index is 12.3. The molecule has 1 heterocycles. The van der Waals surface area contributed by atoms with Crippen LogP contribution in [0.1, 0.15) is 37.0 Å². The number of para-hydroxylation sites is 1. The highest BCUT2D eigenvalue weighted by Crippen LogP contribution is 2.20. The van der Waals surface area contributed by atoms with Crippen molar-refractivity contribution in [2.75, 3.05) is 13.2 Å². The quantitative estimate of drug-likeness (QED) is 0.714. The van der Waals surface area contributed by atoms with Gasteiger partial charge in [0.1, 0.15) is 0 Å². The molecule has 0 spiro atoms. The summed E-state index contributed by atoms with van der Waals surface area (Å²) in [6.45, 7) is 4.61. The Labute approximate surface area is 129 Å². The summed E-state index contributed by atoms with van der Waals surface area (Å²) in [7, 11) is 0. The van der Waals surface area contributed by atoms with E-state index >= 15 is 0 Å². The zero-order valence-corrected chi connectivity index (χ0v) is 13.0. The van der Waals surface area contributed by atoms with Gasteiger partial charge in [-0.3, -0.25) is 9.59 Å². The van der Waals surface area contributed by atoms with Gasteiger partial charge in [-0.25, -0.2) is 0 Å². The molecule has 0 saturated heterocycles. The van der Waals surface area contributed by atoms with Crippen LogP contribution < -0.4 is 10.9 Å². The molecule has 22 heavy (non-hydrogen) atoms. The van der Waals surface area contributed by atoms with Crippen molar-refractivity contribution in [3.8, 4) is 0 Å². The smallest absolute Gasteiger partial charge is 0.252 e. The van der Waals surface area contributed by atoms with Crippen LogP contribution in [0.3, 0.4) is 0 Å². The first-order valence-electron chi connectivity index (χ1n) is 7.44. The lowest BCUT2D eigenvalue weighted by molar-refractivity contribution is 0.0950. The molecule has 2 rings (SSSR count). The van der Waals surface area contributed by atoms with E-state index in [0.717, 1.165) is 18.2 Å². The van der Waals surface area contributed by atoms with Gasteiger partial charge in [0.15, 0.2) is 0 Å². The van der Waals surface area contributed by atoms with Gasteiger partial charge in [-0.2, -0.15) is 0 Å². The van der Waals surface area contributed by atoms with E-state index in [-0.39, 0.29) is 23.5 Å². The van der Waals surface area contributed by atoms with E-state index in [0.29, 0.717) is 17.6 Å². The van der Waals surface area contributed by atoms with Gasteiger partial charge in [-0.05, 0) is 24.3 Å². The number of pyridine rings is 1. The number of aromatic amines is 1. The summed E-state index contributed by atoms with van der Waals surface area (Å²) in [6, 6.07) is 8.57. The van der Waals surface area contributed by atoms with Gasteiger partial charge in [0.2, 0.25) is 5.56 Å². The van der Waals surface area contributed by atoms with Crippen molar-refractivity contribution >= 4 is 16.8 Å². The molecule has 0 fully saturated rings. The Balaban J connectivity index is 2.06. The van der Waals surface area contributed by atoms with Crippen LogP contribution in [0.4, 0.5) is 0 Å². The summed E-state index contributed by atoms with van der Waals surface area (Å²) < 4.78 is 0. The molecule has 0 aliphatic rings. The highest BCUT2D eigenvalue weighted by atomic mass is 16.3. The third-order valence-corrected chi connectivity index (χ3v) is 3.74. The Morgan fingerprint density at radius 1 is 1.32 bits per heavy atom. The van der Waals surface area contributed by atoms with E-state index in [1.807, 2.05) is 32.0 Å². The van der Waals surface area contributed by atoms with E-state index in [1.165, 1.54) is 6.07 Å². The number of H-pyrrole nitrogens is 1. The second-order valence-corrected chi connectivity index (χ2v) is 6.27. The molecule has 0 bridgehead atoms. The number of hydrogen-bond donors (Lipinski definition) is 3. The third-order valence-electron chi connectivity index (χ3n) is 3.74. The minimum Gasteiger partial charge on any atom is -0.396 e. The van der Waals surface area contributed by atoms with Gasteiger partial charge in [-0.1, -0.05) is 32.0 Å². The zero-order chi connectivity index (χ0) is 16.2. The number of aromatic nitrogens is 1. The minimum absolute atomic E-state index is 0.125. The van der Waals surface area contributed by atoms with Crippen LogP contribution in [0.25, 0.3) is 10.9 Å². The SMILES string of the molecule is CC(C)(CO)CCCNC(=O)c1cc(=O)[nH]c2ccccc12. The van der Waals surface area contributed by atoms with E-state index in [2.05, 4.69) is 10.3 Å². The first-order chi connectivity index (χ1) is 10.4. The number of aliphatic hydroxyl groups excluding tert-OH is 1. The summed E-state index contributed by atoms with van der Waals surface area (Å²) in [4.78, 5) is 26.7. The van der Waals surface area contributed by atoms with E-state index in [4.69, 9.17) is 0 Å². The molecule has 0 unspecified atom stereocenters. The average Bonchev–Trinajstić information content (AvgIpc) is 2.50. The van der Waals surface area contributed by atoms with Crippen LogP contribution in [0.5, 0.6) is 0 Å². The normalized spacial score (nSPS) is 11.6. The van der Waals surface area contributed by atoms with Crippen LogP contribution >= 0.6 is 0 Å². The predicted molar refractivity (Wildman–Crippen MR) is 87.0 cm³/mol. The lowest BCUT2D eigenvalue weighted by Crippen LogP contribution is -2.27. The molecule has 0 radical (unpaired) electrons.